The molecule has 300 valence electrons. The van der Waals surface area contributed by atoms with Gasteiger partial charge in [0.2, 0.25) is 11.8 Å². The summed E-state index contributed by atoms with van der Waals surface area (Å²) in [5.41, 5.74) is 16.2. The zero-order valence-corrected chi connectivity index (χ0v) is 32.2. The molecule has 0 fully saturated rings. The van der Waals surface area contributed by atoms with Crippen LogP contribution < -0.4 is 22.1 Å². The van der Waals surface area contributed by atoms with E-state index in [0.29, 0.717) is 66.5 Å². The maximum absolute atomic E-state index is 11.8. The summed E-state index contributed by atoms with van der Waals surface area (Å²) < 4.78 is 31.6. The van der Waals surface area contributed by atoms with E-state index in [1.165, 1.54) is 13.8 Å². The predicted molar refractivity (Wildman–Crippen MR) is 232 cm³/mol. The van der Waals surface area contributed by atoms with E-state index in [1.807, 2.05) is 36.4 Å². The third kappa shape index (κ3) is 8.72. The van der Waals surface area contributed by atoms with Gasteiger partial charge in [0.1, 0.15) is 23.0 Å². The fourth-order valence-electron chi connectivity index (χ4n) is 7.13. The van der Waals surface area contributed by atoms with Crippen LogP contribution in [-0.4, -0.2) is 49.8 Å². The van der Waals surface area contributed by atoms with E-state index in [2.05, 4.69) is 10.6 Å². The molecule has 0 atom stereocenters. The minimum atomic E-state index is -4.67. The van der Waals surface area contributed by atoms with Gasteiger partial charge in [-0.25, -0.2) is 0 Å². The smallest absolute Gasteiger partial charge is 0.394 e. The molecule has 0 radical (unpaired) electrons. The van der Waals surface area contributed by atoms with Crippen molar-refractivity contribution >= 4 is 88.1 Å². The number of hydrogen-bond donors (Lipinski definition) is 10. The molecule has 12 N–H and O–H groups in total. The van der Waals surface area contributed by atoms with Crippen molar-refractivity contribution in [2.45, 2.75) is 13.8 Å². The van der Waals surface area contributed by atoms with Crippen LogP contribution in [0, 0.1) is 0 Å². The van der Waals surface area contributed by atoms with Gasteiger partial charge in [-0.15, -0.1) is 0 Å². The Hall–Kier alpha value is -7.59. The molecule has 0 aliphatic rings. The average molecular weight is 815 g/mol. The van der Waals surface area contributed by atoms with Crippen LogP contribution in [0.4, 0.5) is 22.7 Å². The van der Waals surface area contributed by atoms with Crippen LogP contribution in [0.3, 0.4) is 0 Å². The molecule has 0 aliphatic heterocycles. The van der Waals surface area contributed by atoms with Crippen LogP contribution in [0.2, 0.25) is 0 Å². The molecule has 0 aromatic heterocycles. The Labute approximate surface area is 337 Å². The number of hydrogen-bond acceptors (Lipinski definition) is 10. The normalized spacial score (nSPS) is 11.1. The number of carbonyl (C=O) groups excluding carboxylic acids is 2. The average Bonchev–Trinajstić information content (AvgIpc) is 3.16. The SMILES string of the molecule is CC(=O)Nc1cccc2ccc(O)c(-c3c(O)ccc4cccc(NC(C)=O)c34)c12.Nc1cccc2ccc(O)c(-c3c(O)ccc4cccc(N)c34)c12.O=S(=O)(O)O. The van der Waals surface area contributed by atoms with Crippen LogP contribution in [0.15, 0.2) is 121 Å². The van der Waals surface area contributed by atoms with Gasteiger partial charge in [-0.05, 0) is 70.1 Å². The highest BCUT2D eigenvalue weighted by atomic mass is 32.3. The van der Waals surface area contributed by atoms with Crippen molar-refractivity contribution in [3.63, 3.8) is 0 Å². The monoisotopic (exact) mass is 814 g/mol. The van der Waals surface area contributed by atoms with Crippen molar-refractivity contribution in [1.29, 1.82) is 0 Å². The number of benzene rings is 8. The maximum Gasteiger partial charge on any atom is 0.394 e. The minimum Gasteiger partial charge on any atom is -0.507 e. The molecule has 0 spiro atoms. The number of phenolic OH excluding ortho intramolecular Hbond substituents is 4. The number of rotatable bonds is 4. The maximum atomic E-state index is 11.8. The summed E-state index contributed by atoms with van der Waals surface area (Å²) in [6, 6.07) is 35.3. The molecule has 0 unspecified atom stereocenters. The molecule has 0 aliphatic carbocycles. The summed E-state index contributed by atoms with van der Waals surface area (Å²) in [5, 5.41) is 54.3. The lowest BCUT2D eigenvalue weighted by molar-refractivity contribution is -0.115. The highest BCUT2D eigenvalue weighted by Crippen LogP contribution is 2.49. The van der Waals surface area contributed by atoms with Gasteiger partial charge in [0.25, 0.3) is 0 Å². The first-order valence-electron chi connectivity index (χ1n) is 17.7. The lowest BCUT2D eigenvalue weighted by Crippen LogP contribution is -2.07. The highest BCUT2D eigenvalue weighted by molar-refractivity contribution is 7.79. The molecular weight excluding hydrogens is 777 g/mol. The Morgan fingerprint density at radius 1 is 0.441 bits per heavy atom. The summed E-state index contributed by atoms with van der Waals surface area (Å²) >= 11 is 0. The van der Waals surface area contributed by atoms with Crippen molar-refractivity contribution in [3.05, 3.63) is 121 Å². The Kier molecular flexibility index (Phi) is 11.5. The van der Waals surface area contributed by atoms with Gasteiger partial charge in [-0.3, -0.25) is 18.7 Å². The molecule has 8 aromatic rings. The van der Waals surface area contributed by atoms with Gasteiger partial charge in [-0.2, -0.15) is 8.42 Å². The van der Waals surface area contributed by atoms with Crippen molar-refractivity contribution in [3.8, 4) is 45.3 Å². The van der Waals surface area contributed by atoms with Gasteiger partial charge >= 0.3 is 10.4 Å². The number of amides is 2. The van der Waals surface area contributed by atoms with E-state index in [-0.39, 0.29) is 34.8 Å². The van der Waals surface area contributed by atoms with Crippen molar-refractivity contribution in [2.24, 2.45) is 0 Å². The standard InChI is InChI=1S/C24H20N2O4.C20H16N2O2.H2O4S/c1-13(27)25-17-7-3-5-15-9-11-19(29)23(21(15)17)24-20(30)12-10-16-6-4-8-18(22(16)24)26-14(2)28;21-13-5-1-3-11-7-9-15(23)19(17(11)13)20-16(24)10-8-12-4-2-6-14(22)18(12)20;1-5(2,3)4/h3-12,29-30H,1-2H3,(H,25,27)(H,26,28);1-10,23-24H,21-22H2;(H2,1,2,3,4). The second-order valence-corrected chi connectivity index (χ2v) is 14.2. The van der Waals surface area contributed by atoms with E-state index in [4.69, 9.17) is 29.0 Å². The number of fused-ring (bicyclic) bond motifs is 4. The van der Waals surface area contributed by atoms with Gasteiger partial charge < -0.3 is 42.5 Å². The second kappa shape index (κ2) is 16.5. The molecule has 0 bridgehead atoms. The van der Waals surface area contributed by atoms with Crippen LogP contribution in [0.25, 0.3) is 65.3 Å². The number of anilines is 4. The Balaban J connectivity index is 0.000000181. The third-order valence-corrected chi connectivity index (χ3v) is 9.28. The molecule has 2 amide bonds. The molecule has 8 rings (SSSR count). The molecule has 0 saturated carbocycles. The first kappa shape index (κ1) is 41.1. The van der Waals surface area contributed by atoms with Crippen LogP contribution in [-0.2, 0) is 20.0 Å². The van der Waals surface area contributed by atoms with E-state index >= 15 is 0 Å². The molecule has 0 saturated heterocycles. The Morgan fingerprint density at radius 2 is 0.695 bits per heavy atom. The van der Waals surface area contributed by atoms with Crippen molar-refractivity contribution < 1.29 is 47.5 Å². The van der Waals surface area contributed by atoms with E-state index in [1.54, 1.807) is 84.9 Å². The fraction of sp³-hybridized carbons (Fsp3) is 0.0455. The van der Waals surface area contributed by atoms with Crippen LogP contribution >= 0.6 is 0 Å². The van der Waals surface area contributed by atoms with Gasteiger partial charge in [0.05, 0.1) is 0 Å². The number of phenols is 4. The summed E-state index contributed by atoms with van der Waals surface area (Å²) in [6.45, 7) is 2.82. The number of aromatic hydroxyl groups is 4. The predicted octanol–water partition coefficient (Wildman–Crippen LogP) is 8.57. The molecule has 59 heavy (non-hydrogen) atoms. The first-order valence-corrected chi connectivity index (χ1v) is 19.1. The fourth-order valence-corrected chi connectivity index (χ4v) is 7.13. The summed E-state index contributed by atoms with van der Waals surface area (Å²) in [7, 11) is -4.67. The van der Waals surface area contributed by atoms with Gasteiger partial charge in [0.15, 0.2) is 0 Å². The number of nitrogens with one attached hydrogen (secondary N) is 2. The summed E-state index contributed by atoms with van der Waals surface area (Å²) in [6.07, 6.45) is 0. The molecule has 15 heteroatoms. The summed E-state index contributed by atoms with van der Waals surface area (Å²) in [4.78, 5) is 23.5. The molecule has 8 aromatic carbocycles. The van der Waals surface area contributed by atoms with Crippen molar-refractivity contribution in [2.75, 3.05) is 22.1 Å². The number of nitrogens with two attached hydrogens (primary N) is 2. The van der Waals surface area contributed by atoms with Crippen LogP contribution in [0.1, 0.15) is 13.8 Å². The third-order valence-electron chi connectivity index (χ3n) is 9.28. The zero-order chi connectivity index (χ0) is 42.8. The minimum absolute atomic E-state index is 0.0476. The summed E-state index contributed by atoms with van der Waals surface area (Å²) in [5.74, 6) is -0.518. The largest absolute Gasteiger partial charge is 0.507 e. The number of nitrogen functional groups attached to an aromatic ring is 2. The lowest BCUT2D eigenvalue weighted by atomic mass is 9.90. The van der Waals surface area contributed by atoms with Crippen molar-refractivity contribution in [1.82, 2.24) is 0 Å². The first-order chi connectivity index (χ1) is 27.9. The van der Waals surface area contributed by atoms with Crippen LogP contribution in [0.5, 0.6) is 23.0 Å². The van der Waals surface area contributed by atoms with Gasteiger partial charge in [0, 0.05) is 80.4 Å². The number of carbonyl (C=O) groups is 2. The quantitative estimate of drug-likeness (QED) is 0.0591. The molecular formula is C44H38N4O10S. The van der Waals surface area contributed by atoms with Gasteiger partial charge in [-0.1, -0.05) is 72.8 Å². The molecule has 0 heterocycles. The zero-order valence-electron chi connectivity index (χ0n) is 31.4. The molecule has 14 nitrogen and oxygen atoms in total. The topological polar surface area (TPSA) is 266 Å². The highest BCUT2D eigenvalue weighted by Gasteiger charge is 2.22. The Morgan fingerprint density at radius 3 is 0.983 bits per heavy atom. The van der Waals surface area contributed by atoms with E-state index < -0.39 is 10.4 Å². The van der Waals surface area contributed by atoms with E-state index in [0.717, 1.165) is 21.5 Å². The Bertz CT molecular complexity index is 2880. The van der Waals surface area contributed by atoms with E-state index in [9.17, 15) is 30.0 Å². The second-order valence-electron chi connectivity index (χ2n) is 13.3. The lowest BCUT2D eigenvalue weighted by Gasteiger charge is -2.18.